The Kier molecular flexibility index (Phi) is 2.48. The van der Waals surface area contributed by atoms with Crippen molar-refractivity contribution >= 4 is 0 Å². The molecule has 1 fully saturated rings. The number of aryl methyl sites for hydroxylation is 1. The number of likely N-dealkylation sites (tertiary alicyclic amines) is 1. The molecule has 0 aliphatic carbocycles. The van der Waals surface area contributed by atoms with E-state index in [2.05, 4.69) is 22.7 Å². The first-order valence-electron chi connectivity index (χ1n) is 6.26. The van der Waals surface area contributed by atoms with Crippen molar-refractivity contribution in [3.8, 4) is 0 Å². The lowest BCUT2D eigenvalue weighted by molar-refractivity contribution is 0.312. The maximum Gasteiger partial charge on any atom is 0.109 e. The highest BCUT2D eigenvalue weighted by atomic mass is 15.2. The average molecular weight is 220 g/mol. The predicted molar refractivity (Wildman–Crippen MR) is 63.1 cm³/mol. The van der Waals surface area contributed by atoms with Gasteiger partial charge in [-0.1, -0.05) is 0 Å². The molecule has 0 radical (unpaired) electrons. The number of rotatable bonds is 1. The summed E-state index contributed by atoms with van der Waals surface area (Å²) >= 11 is 0. The predicted octanol–water partition coefficient (Wildman–Crippen LogP) is 0.923. The van der Waals surface area contributed by atoms with E-state index in [4.69, 9.17) is 10.7 Å². The third-order valence-electron chi connectivity index (χ3n) is 3.91. The molecule has 0 bridgehead atoms. The molecule has 16 heavy (non-hydrogen) atoms. The van der Waals surface area contributed by atoms with E-state index in [1.165, 1.54) is 30.9 Å². The van der Waals surface area contributed by atoms with Crippen molar-refractivity contribution in [2.75, 3.05) is 13.6 Å². The standard InChI is InChI=1S/C12H20N4/c1-15-6-2-3-11(15)10-8-16-7-9(13)4-5-12(16)14-10/h8-9,11H,2-7,13H2,1H3. The Bertz CT molecular complexity index is 384. The molecule has 2 atom stereocenters. The molecule has 0 aromatic carbocycles. The molecular formula is C12H20N4. The van der Waals surface area contributed by atoms with Crippen molar-refractivity contribution in [2.45, 2.75) is 44.3 Å². The van der Waals surface area contributed by atoms with Gasteiger partial charge in [0.2, 0.25) is 0 Å². The van der Waals surface area contributed by atoms with E-state index in [1.54, 1.807) is 0 Å². The molecule has 88 valence electrons. The lowest BCUT2D eigenvalue weighted by Gasteiger charge is -2.19. The lowest BCUT2D eigenvalue weighted by atomic mass is 10.1. The summed E-state index contributed by atoms with van der Waals surface area (Å²) in [6.45, 7) is 2.14. The Labute approximate surface area is 96.4 Å². The average Bonchev–Trinajstić information content (AvgIpc) is 2.82. The van der Waals surface area contributed by atoms with Crippen LogP contribution in [0, 0.1) is 0 Å². The van der Waals surface area contributed by atoms with Crippen molar-refractivity contribution in [2.24, 2.45) is 5.73 Å². The monoisotopic (exact) mass is 220 g/mol. The summed E-state index contributed by atoms with van der Waals surface area (Å²) in [5.74, 6) is 1.23. The molecule has 1 aromatic rings. The molecule has 2 aliphatic heterocycles. The summed E-state index contributed by atoms with van der Waals surface area (Å²) in [7, 11) is 2.20. The molecule has 1 saturated heterocycles. The summed E-state index contributed by atoms with van der Waals surface area (Å²) in [6.07, 6.45) is 6.89. The Balaban J connectivity index is 1.86. The van der Waals surface area contributed by atoms with E-state index in [0.29, 0.717) is 12.1 Å². The van der Waals surface area contributed by atoms with Gasteiger partial charge in [-0.15, -0.1) is 0 Å². The zero-order valence-electron chi connectivity index (χ0n) is 9.89. The smallest absolute Gasteiger partial charge is 0.109 e. The van der Waals surface area contributed by atoms with Gasteiger partial charge < -0.3 is 10.3 Å². The Morgan fingerprint density at radius 3 is 3.06 bits per heavy atom. The minimum absolute atomic E-state index is 0.316. The summed E-state index contributed by atoms with van der Waals surface area (Å²) < 4.78 is 2.26. The Morgan fingerprint density at radius 1 is 1.44 bits per heavy atom. The minimum atomic E-state index is 0.316. The van der Waals surface area contributed by atoms with Crippen LogP contribution in [-0.2, 0) is 13.0 Å². The second-order valence-electron chi connectivity index (χ2n) is 5.17. The van der Waals surface area contributed by atoms with E-state index in [1.807, 2.05) is 0 Å². The molecule has 0 amide bonds. The van der Waals surface area contributed by atoms with Crippen LogP contribution in [0.2, 0.25) is 0 Å². The molecule has 4 heteroatoms. The summed E-state index contributed by atoms with van der Waals surface area (Å²) in [5.41, 5.74) is 7.23. The topological polar surface area (TPSA) is 47.1 Å². The molecule has 3 heterocycles. The van der Waals surface area contributed by atoms with E-state index in [-0.39, 0.29) is 0 Å². The highest BCUT2D eigenvalue weighted by Crippen LogP contribution is 2.30. The molecule has 2 unspecified atom stereocenters. The van der Waals surface area contributed by atoms with Crippen molar-refractivity contribution in [1.82, 2.24) is 14.5 Å². The zero-order valence-corrected chi connectivity index (χ0v) is 9.89. The van der Waals surface area contributed by atoms with Crippen LogP contribution in [0.1, 0.15) is 36.8 Å². The number of nitrogens with zero attached hydrogens (tertiary/aromatic N) is 3. The van der Waals surface area contributed by atoms with Crippen LogP contribution >= 0.6 is 0 Å². The van der Waals surface area contributed by atoms with Gasteiger partial charge >= 0.3 is 0 Å². The molecule has 0 spiro atoms. The highest BCUT2D eigenvalue weighted by Gasteiger charge is 2.27. The maximum atomic E-state index is 5.98. The molecule has 3 rings (SSSR count). The number of nitrogens with two attached hydrogens (primary N) is 1. The van der Waals surface area contributed by atoms with Crippen LogP contribution in [0.3, 0.4) is 0 Å². The van der Waals surface area contributed by atoms with Crippen molar-refractivity contribution in [1.29, 1.82) is 0 Å². The number of imidazole rings is 1. The summed E-state index contributed by atoms with van der Waals surface area (Å²) in [5, 5.41) is 0. The second-order valence-corrected chi connectivity index (χ2v) is 5.17. The first-order chi connectivity index (χ1) is 7.74. The van der Waals surface area contributed by atoms with Gasteiger partial charge in [0, 0.05) is 25.2 Å². The Morgan fingerprint density at radius 2 is 2.31 bits per heavy atom. The third-order valence-corrected chi connectivity index (χ3v) is 3.91. The first kappa shape index (κ1) is 10.3. The summed E-state index contributed by atoms with van der Waals surface area (Å²) in [6, 6.07) is 0.852. The summed E-state index contributed by atoms with van der Waals surface area (Å²) in [4.78, 5) is 7.19. The van der Waals surface area contributed by atoms with Crippen LogP contribution in [-0.4, -0.2) is 34.1 Å². The van der Waals surface area contributed by atoms with E-state index >= 15 is 0 Å². The third kappa shape index (κ3) is 1.66. The zero-order chi connectivity index (χ0) is 11.1. The fourth-order valence-electron chi connectivity index (χ4n) is 2.94. The van der Waals surface area contributed by atoms with Gasteiger partial charge in [0.1, 0.15) is 5.82 Å². The Hall–Kier alpha value is -0.870. The SMILES string of the molecule is CN1CCCC1c1cn2c(n1)CCC(N)C2. The van der Waals surface area contributed by atoms with Crippen molar-refractivity contribution in [3.63, 3.8) is 0 Å². The molecule has 4 nitrogen and oxygen atoms in total. The minimum Gasteiger partial charge on any atom is -0.333 e. The molecule has 2 N–H and O–H groups in total. The van der Waals surface area contributed by atoms with Gasteiger partial charge in [0.25, 0.3) is 0 Å². The molecule has 2 aliphatic rings. The normalized spacial score (nSPS) is 30.6. The van der Waals surface area contributed by atoms with Gasteiger partial charge in [-0.2, -0.15) is 0 Å². The van der Waals surface area contributed by atoms with E-state index in [0.717, 1.165) is 19.4 Å². The van der Waals surface area contributed by atoms with Crippen LogP contribution in [0.25, 0.3) is 0 Å². The molecule has 0 saturated carbocycles. The van der Waals surface area contributed by atoms with Crippen LogP contribution < -0.4 is 5.73 Å². The van der Waals surface area contributed by atoms with Gasteiger partial charge in [-0.25, -0.2) is 4.98 Å². The number of fused-ring (bicyclic) bond motifs is 1. The van der Waals surface area contributed by atoms with Gasteiger partial charge in [-0.05, 0) is 32.9 Å². The lowest BCUT2D eigenvalue weighted by Crippen LogP contribution is -2.31. The van der Waals surface area contributed by atoms with Crippen LogP contribution in [0.5, 0.6) is 0 Å². The number of hydrogen-bond acceptors (Lipinski definition) is 3. The number of aromatic nitrogens is 2. The molecular weight excluding hydrogens is 200 g/mol. The van der Waals surface area contributed by atoms with Crippen LogP contribution in [0.4, 0.5) is 0 Å². The van der Waals surface area contributed by atoms with Gasteiger partial charge in [-0.3, -0.25) is 4.90 Å². The maximum absolute atomic E-state index is 5.98. The van der Waals surface area contributed by atoms with Gasteiger partial charge in [0.15, 0.2) is 0 Å². The fraction of sp³-hybridized carbons (Fsp3) is 0.750. The van der Waals surface area contributed by atoms with Gasteiger partial charge in [0.05, 0.1) is 11.7 Å². The van der Waals surface area contributed by atoms with Crippen molar-refractivity contribution in [3.05, 3.63) is 17.7 Å². The first-order valence-corrected chi connectivity index (χ1v) is 6.26. The largest absolute Gasteiger partial charge is 0.333 e. The van der Waals surface area contributed by atoms with Crippen LogP contribution in [0.15, 0.2) is 6.20 Å². The quantitative estimate of drug-likeness (QED) is 0.765. The second kappa shape index (κ2) is 3.86. The molecule has 1 aromatic heterocycles. The highest BCUT2D eigenvalue weighted by molar-refractivity contribution is 5.12. The fourth-order valence-corrected chi connectivity index (χ4v) is 2.94. The van der Waals surface area contributed by atoms with E-state index < -0.39 is 0 Å². The van der Waals surface area contributed by atoms with Crippen molar-refractivity contribution < 1.29 is 0 Å². The van der Waals surface area contributed by atoms with E-state index in [9.17, 15) is 0 Å². The number of hydrogen-bond donors (Lipinski definition) is 1.